The molecule has 2 aliphatic rings. The average molecular weight is 275 g/mol. The van der Waals surface area contributed by atoms with E-state index < -0.39 is 0 Å². The van der Waals surface area contributed by atoms with Crippen LogP contribution in [0.5, 0.6) is 0 Å². The molecule has 1 N–H and O–H groups in total. The molecule has 2 saturated heterocycles. The predicted molar refractivity (Wildman–Crippen MR) is 76.2 cm³/mol. The van der Waals surface area contributed by atoms with Crippen molar-refractivity contribution in [3.63, 3.8) is 0 Å². The second-order valence-electron chi connectivity index (χ2n) is 4.74. The van der Waals surface area contributed by atoms with E-state index in [9.17, 15) is 0 Å². The van der Waals surface area contributed by atoms with Gasteiger partial charge in [-0.25, -0.2) is 0 Å². The normalized spacial score (nSPS) is 27.1. The smallest absolute Gasteiger partial charge is 0.0239 e. The van der Waals surface area contributed by atoms with E-state index in [0.29, 0.717) is 0 Å². The molecule has 2 aliphatic heterocycles. The van der Waals surface area contributed by atoms with Crippen LogP contribution >= 0.6 is 24.8 Å². The maximum absolute atomic E-state index is 3.59. The van der Waals surface area contributed by atoms with Gasteiger partial charge in [-0.3, -0.25) is 4.90 Å². The molecule has 2 fully saturated rings. The molecule has 0 aromatic heterocycles. The van der Waals surface area contributed by atoms with E-state index in [1.807, 2.05) is 0 Å². The molecule has 96 valence electrons. The zero-order chi connectivity index (χ0) is 10.1. The van der Waals surface area contributed by atoms with Gasteiger partial charge in [0.05, 0.1) is 0 Å². The predicted octanol–water partition coefficient (Wildman–Crippen LogP) is 2.47. The van der Waals surface area contributed by atoms with Gasteiger partial charge >= 0.3 is 0 Å². The summed E-state index contributed by atoms with van der Waals surface area (Å²) in [6.07, 6.45) is 2.68. The Labute approximate surface area is 116 Å². The van der Waals surface area contributed by atoms with Crippen molar-refractivity contribution in [3.8, 4) is 0 Å². The highest BCUT2D eigenvalue weighted by atomic mass is 35.5. The minimum Gasteiger partial charge on any atom is -0.312 e. The van der Waals surface area contributed by atoms with Crippen LogP contribution in [0.2, 0.25) is 0 Å². The van der Waals surface area contributed by atoms with Gasteiger partial charge in [0.1, 0.15) is 0 Å². The molecular formula is C13H20Cl2N2. The third-order valence-electron chi connectivity index (χ3n) is 3.71. The lowest BCUT2D eigenvalue weighted by molar-refractivity contribution is 0.168. The molecule has 0 amide bonds. The topological polar surface area (TPSA) is 15.3 Å². The van der Waals surface area contributed by atoms with Crippen LogP contribution in [0.25, 0.3) is 0 Å². The monoisotopic (exact) mass is 274 g/mol. The molecule has 1 aromatic rings. The molecule has 0 spiro atoms. The highest BCUT2D eigenvalue weighted by molar-refractivity contribution is 5.85. The van der Waals surface area contributed by atoms with Crippen molar-refractivity contribution < 1.29 is 0 Å². The summed E-state index contributed by atoms with van der Waals surface area (Å²) in [4.78, 5) is 2.63. The van der Waals surface area contributed by atoms with Crippen LogP contribution in [0.1, 0.15) is 18.4 Å². The van der Waals surface area contributed by atoms with Crippen molar-refractivity contribution >= 4 is 24.8 Å². The molecule has 17 heavy (non-hydrogen) atoms. The van der Waals surface area contributed by atoms with Gasteiger partial charge in [-0.1, -0.05) is 30.3 Å². The van der Waals surface area contributed by atoms with E-state index in [1.54, 1.807) is 0 Å². The van der Waals surface area contributed by atoms with E-state index in [0.717, 1.165) is 18.6 Å². The van der Waals surface area contributed by atoms with Crippen molar-refractivity contribution in [1.82, 2.24) is 10.2 Å². The van der Waals surface area contributed by atoms with Crippen LogP contribution in [0.4, 0.5) is 0 Å². The van der Waals surface area contributed by atoms with E-state index in [4.69, 9.17) is 0 Å². The van der Waals surface area contributed by atoms with Gasteiger partial charge in [0.15, 0.2) is 0 Å². The quantitative estimate of drug-likeness (QED) is 0.892. The van der Waals surface area contributed by atoms with Gasteiger partial charge in [-0.2, -0.15) is 0 Å². The fourth-order valence-corrected chi connectivity index (χ4v) is 2.83. The molecule has 0 radical (unpaired) electrons. The van der Waals surface area contributed by atoms with Crippen molar-refractivity contribution in [3.05, 3.63) is 35.9 Å². The third kappa shape index (κ3) is 3.35. The first-order valence-electron chi connectivity index (χ1n) is 5.93. The number of fused-ring (bicyclic) bond motifs is 2. The van der Waals surface area contributed by atoms with Gasteiger partial charge < -0.3 is 5.32 Å². The van der Waals surface area contributed by atoms with E-state index in [1.165, 1.54) is 31.5 Å². The summed E-state index contributed by atoms with van der Waals surface area (Å²) in [7, 11) is 0. The third-order valence-corrected chi connectivity index (χ3v) is 3.71. The van der Waals surface area contributed by atoms with E-state index >= 15 is 0 Å². The van der Waals surface area contributed by atoms with Crippen molar-refractivity contribution in [2.45, 2.75) is 31.5 Å². The highest BCUT2D eigenvalue weighted by Gasteiger charge is 2.33. The van der Waals surface area contributed by atoms with Gasteiger partial charge in [0, 0.05) is 31.7 Å². The Morgan fingerprint density at radius 2 is 1.94 bits per heavy atom. The Kier molecular flexibility index (Phi) is 5.74. The molecule has 2 unspecified atom stereocenters. The minimum absolute atomic E-state index is 0. The highest BCUT2D eigenvalue weighted by Crippen LogP contribution is 2.24. The molecule has 2 bridgehead atoms. The van der Waals surface area contributed by atoms with Gasteiger partial charge in [-0.05, 0) is 18.4 Å². The standard InChI is InChI=1S/C13H18N2.2ClH/c1-2-4-11(5-3-1)10-15-7-6-12-8-13(15)9-14-12;;/h1-5,12-14H,6-10H2;2*1H. The first-order chi connectivity index (χ1) is 7.42. The lowest BCUT2D eigenvalue weighted by Crippen LogP contribution is -2.39. The number of hydrogen-bond donors (Lipinski definition) is 1. The Balaban J connectivity index is 0.000000722. The summed E-state index contributed by atoms with van der Waals surface area (Å²) in [5, 5.41) is 3.59. The minimum atomic E-state index is 0. The number of halogens is 2. The number of piperidine rings is 1. The summed E-state index contributed by atoms with van der Waals surface area (Å²) in [5.41, 5.74) is 1.45. The van der Waals surface area contributed by atoms with Crippen LogP contribution in [0, 0.1) is 0 Å². The molecular weight excluding hydrogens is 255 g/mol. The van der Waals surface area contributed by atoms with Gasteiger partial charge in [-0.15, -0.1) is 24.8 Å². The second-order valence-corrected chi connectivity index (χ2v) is 4.74. The molecule has 3 rings (SSSR count). The largest absolute Gasteiger partial charge is 0.312 e. The van der Waals surface area contributed by atoms with E-state index in [-0.39, 0.29) is 24.8 Å². The van der Waals surface area contributed by atoms with Crippen LogP contribution in [-0.4, -0.2) is 30.1 Å². The Morgan fingerprint density at radius 3 is 2.71 bits per heavy atom. The number of rotatable bonds is 2. The molecule has 0 aliphatic carbocycles. The fourth-order valence-electron chi connectivity index (χ4n) is 2.83. The maximum Gasteiger partial charge on any atom is 0.0239 e. The number of nitrogens with zero attached hydrogens (tertiary/aromatic N) is 1. The summed E-state index contributed by atoms with van der Waals surface area (Å²) in [6, 6.07) is 12.4. The zero-order valence-electron chi connectivity index (χ0n) is 9.84. The Bertz CT molecular complexity index is 331. The SMILES string of the molecule is Cl.Cl.c1ccc(CN2CCC3CC2CN3)cc1. The van der Waals surface area contributed by atoms with Crippen LogP contribution in [0.3, 0.4) is 0 Å². The van der Waals surface area contributed by atoms with Crippen molar-refractivity contribution in [2.75, 3.05) is 13.1 Å². The molecule has 1 aromatic carbocycles. The average Bonchev–Trinajstić information content (AvgIpc) is 2.67. The zero-order valence-corrected chi connectivity index (χ0v) is 11.5. The van der Waals surface area contributed by atoms with Gasteiger partial charge in [0.25, 0.3) is 0 Å². The molecule has 2 nitrogen and oxygen atoms in total. The molecule has 2 atom stereocenters. The molecule has 4 heteroatoms. The van der Waals surface area contributed by atoms with Gasteiger partial charge in [0.2, 0.25) is 0 Å². The second kappa shape index (κ2) is 6.60. The molecule has 2 heterocycles. The Morgan fingerprint density at radius 1 is 1.18 bits per heavy atom. The molecule has 0 saturated carbocycles. The van der Waals surface area contributed by atoms with Crippen molar-refractivity contribution in [1.29, 1.82) is 0 Å². The lowest BCUT2D eigenvalue weighted by Gasteiger charge is -2.32. The number of hydrogen-bond acceptors (Lipinski definition) is 2. The van der Waals surface area contributed by atoms with Crippen LogP contribution in [0.15, 0.2) is 30.3 Å². The fraction of sp³-hybridized carbons (Fsp3) is 0.538. The first-order valence-corrected chi connectivity index (χ1v) is 5.93. The van der Waals surface area contributed by atoms with Crippen LogP contribution in [-0.2, 0) is 6.54 Å². The summed E-state index contributed by atoms with van der Waals surface area (Å²) in [5.74, 6) is 0. The number of likely N-dealkylation sites (tertiary alicyclic amines) is 1. The summed E-state index contributed by atoms with van der Waals surface area (Å²) < 4.78 is 0. The Hall–Kier alpha value is -0.280. The maximum atomic E-state index is 3.59. The van der Waals surface area contributed by atoms with E-state index in [2.05, 4.69) is 40.5 Å². The van der Waals surface area contributed by atoms with Crippen LogP contribution < -0.4 is 5.32 Å². The first kappa shape index (κ1) is 14.8. The number of nitrogens with one attached hydrogen (secondary N) is 1. The summed E-state index contributed by atoms with van der Waals surface area (Å²) >= 11 is 0. The number of benzene rings is 1. The summed E-state index contributed by atoms with van der Waals surface area (Å²) in [6.45, 7) is 3.58. The lowest BCUT2D eigenvalue weighted by atomic mass is 10.0. The van der Waals surface area contributed by atoms with Crippen molar-refractivity contribution in [2.24, 2.45) is 0 Å².